The van der Waals surface area contributed by atoms with E-state index in [4.69, 9.17) is 11.6 Å². The molecule has 2 heterocycles. The fraction of sp³-hybridized carbons (Fsp3) is 0. The van der Waals surface area contributed by atoms with Crippen molar-refractivity contribution in [3.63, 3.8) is 0 Å². The molecule has 3 aromatic rings. The second kappa shape index (κ2) is 3.75. The molecule has 1 aromatic carbocycles. The number of hydrogen-bond donors (Lipinski definition) is 2. The smallest absolute Gasteiger partial charge is 0.248 e. The Bertz CT molecular complexity index is 745. The van der Waals surface area contributed by atoms with Crippen LogP contribution in [0.2, 0.25) is 5.02 Å². The first-order chi connectivity index (χ1) is 8.22. The fourth-order valence-corrected chi connectivity index (χ4v) is 1.88. The minimum Gasteiger partial charge on any atom is -0.338 e. The summed E-state index contributed by atoms with van der Waals surface area (Å²) in [4.78, 5) is 21.3. The number of fused-ring (bicyclic) bond motifs is 1. The van der Waals surface area contributed by atoms with Gasteiger partial charge in [0, 0.05) is 22.8 Å². The largest absolute Gasteiger partial charge is 0.338 e. The summed E-state index contributed by atoms with van der Waals surface area (Å²) in [7, 11) is 0. The van der Waals surface area contributed by atoms with Crippen molar-refractivity contribution in [1.82, 2.24) is 15.0 Å². The molecule has 5 heteroatoms. The Balaban J connectivity index is 2.21. The van der Waals surface area contributed by atoms with E-state index in [0.717, 1.165) is 16.6 Å². The van der Waals surface area contributed by atoms with Crippen LogP contribution in [0.25, 0.3) is 22.4 Å². The van der Waals surface area contributed by atoms with Gasteiger partial charge in [-0.3, -0.25) is 4.79 Å². The van der Waals surface area contributed by atoms with Crippen LogP contribution in [0.5, 0.6) is 0 Å². The first-order valence-electron chi connectivity index (χ1n) is 5.07. The maximum atomic E-state index is 11.2. The summed E-state index contributed by atoms with van der Waals surface area (Å²) < 4.78 is 0. The van der Waals surface area contributed by atoms with E-state index >= 15 is 0 Å². The van der Waals surface area contributed by atoms with E-state index in [0.29, 0.717) is 10.8 Å². The van der Waals surface area contributed by atoms with Crippen molar-refractivity contribution < 1.29 is 0 Å². The Hall–Kier alpha value is -2.07. The van der Waals surface area contributed by atoms with Crippen molar-refractivity contribution in [3.8, 4) is 11.4 Å². The van der Waals surface area contributed by atoms with Crippen molar-refractivity contribution in [1.29, 1.82) is 0 Å². The highest BCUT2D eigenvalue weighted by Crippen LogP contribution is 2.21. The monoisotopic (exact) mass is 245 g/mol. The highest BCUT2D eigenvalue weighted by molar-refractivity contribution is 6.31. The Morgan fingerprint density at radius 2 is 2.06 bits per heavy atom. The molecule has 0 aliphatic carbocycles. The van der Waals surface area contributed by atoms with Crippen LogP contribution in [-0.2, 0) is 0 Å². The molecule has 0 atom stereocenters. The molecule has 0 amide bonds. The minimum absolute atomic E-state index is 0.152. The second-order valence-electron chi connectivity index (χ2n) is 3.69. The van der Waals surface area contributed by atoms with Gasteiger partial charge in [-0.05, 0) is 24.3 Å². The van der Waals surface area contributed by atoms with Crippen molar-refractivity contribution in [2.75, 3.05) is 0 Å². The van der Waals surface area contributed by atoms with Crippen molar-refractivity contribution in [3.05, 3.63) is 51.9 Å². The molecule has 17 heavy (non-hydrogen) atoms. The summed E-state index contributed by atoms with van der Waals surface area (Å²) in [6, 6.07) is 8.72. The average molecular weight is 246 g/mol. The van der Waals surface area contributed by atoms with Gasteiger partial charge in [-0.2, -0.15) is 0 Å². The number of hydrogen-bond acceptors (Lipinski definition) is 2. The predicted molar refractivity (Wildman–Crippen MR) is 67.2 cm³/mol. The zero-order valence-electron chi connectivity index (χ0n) is 8.70. The first-order valence-corrected chi connectivity index (χ1v) is 5.44. The third kappa shape index (κ3) is 1.83. The lowest BCUT2D eigenvalue weighted by Crippen LogP contribution is -2.02. The van der Waals surface area contributed by atoms with Gasteiger partial charge in [-0.25, -0.2) is 4.98 Å². The van der Waals surface area contributed by atoms with Crippen molar-refractivity contribution in [2.45, 2.75) is 0 Å². The average Bonchev–Trinajstić information content (AvgIpc) is 2.72. The molecule has 84 valence electrons. The van der Waals surface area contributed by atoms with Crippen LogP contribution >= 0.6 is 11.6 Å². The van der Waals surface area contributed by atoms with Crippen LogP contribution in [0, 0.1) is 0 Å². The zero-order valence-corrected chi connectivity index (χ0v) is 9.45. The number of pyridine rings is 1. The SMILES string of the molecule is O=c1cc(-c2nc3ccc(Cl)cc3[nH]2)cc[nH]1. The number of benzene rings is 1. The summed E-state index contributed by atoms with van der Waals surface area (Å²) in [6.07, 6.45) is 1.60. The molecule has 0 saturated carbocycles. The molecule has 4 nitrogen and oxygen atoms in total. The molecule has 0 bridgehead atoms. The van der Waals surface area contributed by atoms with Crippen LogP contribution in [0.3, 0.4) is 0 Å². The molecule has 0 unspecified atom stereocenters. The van der Waals surface area contributed by atoms with Gasteiger partial charge >= 0.3 is 0 Å². The van der Waals surface area contributed by atoms with Gasteiger partial charge in [0.15, 0.2) is 0 Å². The van der Waals surface area contributed by atoms with Crippen molar-refractivity contribution in [2.24, 2.45) is 0 Å². The normalized spacial score (nSPS) is 10.9. The highest BCUT2D eigenvalue weighted by atomic mass is 35.5. The maximum absolute atomic E-state index is 11.2. The molecule has 0 saturated heterocycles. The summed E-state index contributed by atoms with van der Waals surface area (Å²) in [6.45, 7) is 0. The summed E-state index contributed by atoms with van der Waals surface area (Å²) in [5.74, 6) is 0.661. The van der Waals surface area contributed by atoms with E-state index in [1.807, 2.05) is 6.07 Å². The van der Waals surface area contributed by atoms with Gasteiger partial charge in [0.25, 0.3) is 0 Å². The Labute approximate surface area is 101 Å². The van der Waals surface area contributed by atoms with Gasteiger partial charge < -0.3 is 9.97 Å². The number of rotatable bonds is 1. The molecule has 0 spiro atoms. The summed E-state index contributed by atoms with van der Waals surface area (Å²) >= 11 is 5.90. The molecule has 0 radical (unpaired) electrons. The molecule has 2 aromatic heterocycles. The molecule has 0 aliphatic heterocycles. The number of aromatic nitrogens is 3. The van der Waals surface area contributed by atoms with Gasteiger partial charge in [0.05, 0.1) is 11.0 Å². The lowest BCUT2D eigenvalue weighted by molar-refractivity contribution is 1.22. The number of aromatic amines is 2. The summed E-state index contributed by atoms with van der Waals surface area (Å²) in [5, 5.41) is 0.651. The number of halogens is 1. The number of imidazole rings is 1. The molecule has 0 fully saturated rings. The van der Waals surface area contributed by atoms with E-state index in [9.17, 15) is 4.79 Å². The topological polar surface area (TPSA) is 61.5 Å². The van der Waals surface area contributed by atoms with Crippen LogP contribution in [0.1, 0.15) is 0 Å². The van der Waals surface area contributed by atoms with Crippen molar-refractivity contribution >= 4 is 22.6 Å². The molecular weight excluding hydrogens is 238 g/mol. The van der Waals surface area contributed by atoms with Crippen LogP contribution in [0.4, 0.5) is 0 Å². The van der Waals surface area contributed by atoms with Crippen LogP contribution < -0.4 is 5.56 Å². The van der Waals surface area contributed by atoms with Gasteiger partial charge in [-0.1, -0.05) is 11.6 Å². The summed E-state index contributed by atoms with van der Waals surface area (Å²) in [5.41, 5.74) is 2.28. The second-order valence-corrected chi connectivity index (χ2v) is 4.12. The molecule has 3 rings (SSSR count). The van der Waals surface area contributed by atoms with Crippen LogP contribution in [-0.4, -0.2) is 15.0 Å². The van der Waals surface area contributed by atoms with Gasteiger partial charge in [0.2, 0.25) is 5.56 Å². The van der Waals surface area contributed by atoms with Crippen LogP contribution in [0.15, 0.2) is 41.3 Å². The maximum Gasteiger partial charge on any atom is 0.248 e. The Kier molecular flexibility index (Phi) is 2.23. The van der Waals surface area contributed by atoms with Gasteiger partial charge in [0.1, 0.15) is 5.82 Å². The van der Waals surface area contributed by atoms with E-state index in [1.54, 1.807) is 24.4 Å². The van der Waals surface area contributed by atoms with Gasteiger partial charge in [-0.15, -0.1) is 0 Å². The highest BCUT2D eigenvalue weighted by Gasteiger charge is 2.05. The van der Waals surface area contributed by atoms with E-state index < -0.39 is 0 Å². The lowest BCUT2D eigenvalue weighted by atomic mass is 10.2. The predicted octanol–water partition coefficient (Wildman–Crippen LogP) is 2.57. The first kappa shape index (κ1) is 10.1. The zero-order chi connectivity index (χ0) is 11.8. The minimum atomic E-state index is -0.152. The molecule has 2 N–H and O–H groups in total. The third-order valence-corrected chi connectivity index (χ3v) is 2.73. The quantitative estimate of drug-likeness (QED) is 0.692. The Morgan fingerprint density at radius 1 is 1.18 bits per heavy atom. The lowest BCUT2D eigenvalue weighted by Gasteiger charge is -1.93. The fourth-order valence-electron chi connectivity index (χ4n) is 1.71. The third-order valence-electron chi connectivity index (χ3n) is 2.49. The Morgan fingerprint density at radius 3 is 2.88 bits per heavy atom. The van der Waals surface area contributed by atoms with E-state index in [1.165, 1.54) is 6.07 Å². The number of H-pyrrole nitrogens is 2. The van der Waals surface area contributed by atoms with E-state index in [2.05, 4.69) is 15.0 Å². The van der Waals surface area contributed by atoms with E-state index in [-0.39, 0.29) is 5.56 Å². The molecule has 0 aliphatic rings. The molecular formula is C12H8ClN3O. The number of nitrogens with one attached hydrogen (secondary N) is 2. The number of nitrogens with zero attached hydrogens (tertiary/aromatic N) is 1. The standard InChI is InChI=1S/C12H8ClN3O/c13-8-1-2-9-10(6-8)16-12(15-9)7-3-4-14-11(17)5-7/h1-6H,(H,14,17)(H,15,16).